The molecule has 0 fully saturated rings. The summed E-state index contributed by atoms with van der Waals surface area (Å²) >= 11 is 0. The Bertz CT molecular complexity index is 729. The maximum atomic E-state index is 13.9. The lowest BCUT2D eigenvalue weighted by atomic mass is 10.1. The summed E-state index contributed by atoms with van der Waals surface area (Å²) in [4.78, 5) is 4.48. The van der Waals surface area contributed by atoms with Crippen molar-refractivity contribution < 1.29 is 14.2 Å². The summed E-state index contributed by atoms with van der Waals surface area (Å²) in [6.07, 6.45) is 0.0355. The van der Waals surface area contributed by atoms with Crippen LogP contribution in [0.15, 0.2) is 53.5 Å². The average molecular weight is 501 g/mol. The predicted octanol–water partition coefficient (Wildman–Crippen LogP) is 4.02. The number of hydrogen-bond donors (Lipinski definition) is 3. The van der Waals surface area contributed by atoms with Gasteiger partial charge in [-0.05, 0) is 43.5 Å². The summed E-state index contributed by atoms with van der Waals surface area (Å²) < 4.78 is 19.1. The second kappa shape index (κ2) is 13.3. The van der Waals surface area contributed by atoms with Gasteiger partial charge in [-0.2, -0.15) is 0 Å². The molecule has 0 saturated carbocycles. The second-order valence-electron chi connectivity index (χ2n) is 6.03. The Kier molecular flexibility index (Phi) is 11.5. The van der Waals surface area contributed by atoms with Crippen LogP contribution in [0.25, 0.3) is 0 Å². The molecular weight excluding hydrogens is 472 g/mol. The first-order valence-corrected chi connectivity index (χ1v) is 9.30. The lowest BCUT2D eigenvalue weighted by Crippen LogP contribution is -2.38. The number of hydrogen-bond acceptors (Lipinski definition) is 3. The molecule has 0 aromatic heterocycles. The van der Waals surface area contributed by atoms with E-state index in [0.717, 1.165) is 11.1 Å². The van der Waals surface area contributed by atoms with Crippen LogP contribution in [-0.4, -0.2) is 30.8 Å². The predicted molar refractivity (Wildman–Crippen MR) is 122 cm³/mol. The van der Waals surface area contributed by atoms with Gasteiger partial charge in [-0.1, -0.05) is 36.4 Å². The third kappa shape index (κ3) is 8.02. The second-order valence-corrected chi connectivity index (χ2v) is 6.03. The highest BCUT2D eigenvalue weighted by atomic mass is 127. The number of aliphatic hydroxyl groups is 1. The van der Waals surface area contributed by atoms with Crippen LogP contribution in [0.2, 0.25) is 0 Å². The van der Waals surface area contributed by atoms with E-state index in [4.69, 9.17) is 4.74 Å². The van der Waals surface area contributed by atoms with Crippen molar-refractivity contribution in [3.8, 4) is 5.75 Å². The lowest BCUT2D eigenvalue weighted by molar-refractivity contribution is 0.168. The summed E-state index contributed by atoms with van der Waals surface area (Å²) in [5.41, 5.74) is 1.66. The first-order chi connectivity index (χ1) is 13.1. The molecule has 0 bridgehead atoms. The third-order valence-corrected chi connectivity index (χ3v) is 3.95. The quantitative estimate of drug-likeness (QED) is 0.276. The van der Waals surface area contributed by atoms with Gasteiger partial charge >= 0.3 is 0 Å². The largest absolute Gasteiger partial charge is 0.491 e. The molecule has 28 heavy (non-hydrogen) atoms. The fraction of sp³-hybridized carbons (Fsp3) is 0.381. The van der Waals surface area contributed by atoms with E-state index in [1.807, 2.05) is 44.2 Å². The van der Waals surface area contributed by atoms with E-state index in [0.29, 0.717) is 38.6 Å². The number of ether oxygens (including phenoxy) is 1. The van der Waals surface area contributed by atoms with Gasteiger partial charge in [0, 0.05) is 13.1 Å². The Balaban J connectivity index is 0.00000392. The number of aliphatic hydroxyl groups excluding tert-OH is 1. The van der Waals surface area contributed by atoms with Crippen molar-refractivity contribution in [2.75, 3.05) is 19.7 Å². The van der Waals surface area contributed by atoms with E-state index >= 15 is 0 Å². The molecule has 0 radical (unpaired) electrons. The Morgan fingerprint density at radius 3 is 2.54 bits per heavy atom. The standard InChI is InChI=1S/C21H28FN3O2.HI/c1-3-23-21(24-13-12-19(26)17-8-6-5-7-9-17)25-15-16-10-11-20(27-4-2)18(22)14-16;/h5-11,14,19,26H,3-4,12-13,15H2,1-2H3,(H2,23,24,25);1H. The highest BCUT2D eigenvalue weighted by Crippen LogP contribution is 2.19. The highest BCUT2D eigenvalue weighted by molar-refractivity contribution is 14.0. The highest BCUT2D eigenvalue weighted by Gasteiger charge is 2.07. The number of nitrogens with one attached hydrogen (secondary N) is 2. The van der Waals surface area contributed by atoms with Gasteiger partial charge in [0.05, 0.1) is 19.3 Å². The minimum absolute atomic E-state index is 0. The smallest absolute Gasteiger partial charge is 0.191 e. The minimum Gasteiger partial charge on any atom is -0.491 e. The van der Waals surface area contributed by atoms with Crippen LogP contribution in [0.3, 0.4) is 0 Å². The Morgan fingerprint density at radius 1 is 1.14 bits per heavy atom. The van der Waals surface area contributed by atoms with E-state index in [1.54, 1.807) is 12.1 Å². The van der Waals surface area contributed by atoms with E-state index in [2.05, 4.69) is 15.6 Å². The number of rotatable bonds is 9. The maximum absolute atomic E-state index is 13.9. The SMILES string of the molecule is CCNC(=NCc1ccc(OCC)c(F)c1)NCCC(O)c1ccccc1.I. The fourth-order valence-corrected chi connectivity index (χ4v) is 2.60. The molecule has 7 heteroatoms. The fourth-order valence-electron chi connectivity index (χ4n) is 2.60. The maximum Gasteiger partial charge on any atom is 0.191 e. The zero-order valence-electron chi connectivity index (χ0n) is 16.3. The van der Waals surface area contributed by atoms with Crippen LogP contribution >= 0.6 is 24.0 Å². The number of guanidine groups is 1. The van der Waals surface area contributed by atoms with Gasteiger partial charge in [0.1, 0.15) is 0 Å². The molecule has 0 heterocycles. The van der Waals surface area contributed by atoms with Crippen molar-refractivity contribution in [2.24, 2.45) is 4.99 Å². The molecular formula is C21H29FIN3O2. The molecule has 0 spiro atoms. The number of benzene rings is 2. The first kappa shape index (κ1) is 24.2. The number of halogens is 2. The minimum atomic E-state index is -0.526. The first-order valence-electron chi connectivity index (χ1n) is 9.30. The molecule has 2 aromatic carbocycles. The molecule has 0 saturated heterocycles. The van der Waals surface area contributed by atoms with Gasteiger partial charge in [-0.15, -0.1) is 24.0 Å². The topological polar surface area (TPSA) is 65.9 Å². The average Bonchev–Trinajstić information content (AvgIpc) is 2.68. The Hall–Kier alpha value is -1.87. The van der Waals surface area contributed by atoms with Crippen LogP contribution < -0.4 is 15.4 Å². The Labute approximate surface area is 183 Å². The zero-order valence-corrected chi connectivity index (χ0v) is 18.7. The summed E-state index contributed by atoms with van der Waals surface area (Å²) in [6, 6.07) is 14.4. The molecule has 0 amide bonds. The van der Waals surface area contributed by atoms with Crippen molar-refractivity contribution in [1.29, 1.82) is 0 Å². The Morgan fingerprint density at radius 2 is 1.89 bits per heavy atom. The van der Waals surface area contributed by atoms with Crippen molar-refractivity contribution in [3.63, 3.8) is 0 Å². The summed E-state index contributed by atoms with van der Waals surface area (Å²) in [7, 11) is 0. The molecule has 0 aliphatic rings. The molecule has 5 nitrogen and oxygen atoms in total. The molecule has 154 valence electrons. The van der Waals surface area contributed by atoms with Crippen molar-refractivity contribution >= 4 is 29.9 Å². The van der Waals surface area contributed by atoms with Crippen molar-refractivity contribution in [2.45, 2.75) is 32.9 Å². The molecule has 0 aliphatic heterocycles. The molecule has 1 atom stereocenters. The van der Waals surface area contributed by atoms with Gasteiger partial charge in [0.2, 0.25) is 0 Å². The number of nitrogens with zero attached hydrogens (tertiary/aromatic N) is 1. The van der Waals surface area contributed by atoms with Crippen molar-refractivity contribution in [1.82, 2.24) is 10.6 Å². The van der Waals surface area contributed by atoms with Crippen molar-refractivity contribution in [3.05, 3.63) is 65.5 Å². The van der Waals surface area contributed by atoms with Gasteiger partial charge in [-0.25, -0.2) is 9.38 Å². The van der Waals surface area contributed by atoms with E-state index in [9.17, 15) is 9.50 Å². The molecule has 3 N–H and O–H groups in total. The zero-order chi connectivity index (χ0) is 19.5. The monoisotopic (exact) mass is 501 g/mol. The summed E-state index contributed by atoms with van der Waals surface area (Å²) in [6.45, 7) is 5.86. The normalized spacial score (nSPS) is 12.1. The van der Waals surface area contributed by atoms with Crippen LogP contribution in [0.5, 0.6) is 5.75 Å². The third-order valence-electron chi connectivity index (χ3n) is 3.95. The van der Waals surface area contributed by atoms with Gasteiger partial charge < -0.3 is 20.5 Å². The summed E-state index contributed by atoms with van der Waals surface area (Å²) in [5.74, 6) is 0.505. The molecule has 0 aliphatic carbocycles. The number of aliphatic imine (C=N–C) groups is 1. The van der Waals surface area contributed by atoms with Gasteiger partial charge in [-0.3, -0.25) is 0 Å². The lowest BCUT2D eigenvalue weighted by Gasteiger charge is -2.14. The summed E-state index contributed by atoms with van der Waals surface area (Å²) in [5, 5.41) is 16.6. The van der Waals surface area contributed by atoms with Crippen LogP contribution in [-0.2, 0) is 6.54 Å². The van der Waals surface area contributed by atoms with Crippen LogP contribution in [0, 0.1) is 5.82 Å². The molecule has 2 rings (SSSR count). The van der Waals surface area contributed by atoms with Crippen LogP contribution in [0.4, 0.5) is 4.39 Å². The van der Waals surface area contributed by atoms with Crippen LogP contribution in [0.1, 0.15) is 37.5 Å². The molecule has 1 unspecified atom stereocenters. The van der Waals surface area contributed by atoms with Gasteiger partial charge in [0.25, 0.3) is 0 Å². The molecule has 2 aromatic rings. The van der Waals surface area contributed by atoms with E-state index in [-0.39, 0.29) is 35.5 Å². The van der Waals surface area contributed by atoms with Gasteiger partial charge in [0.15, 0.2) is 17.5 Å². The van der Waals surface area contributed by atoms with E-state index in [1.165, 1.54) is 6.07 Å². The van der Waals surface area contributed by atoms with E-state index < -0.39 is 6.10 Å².